The van der Waals surface area contributed by atoms with Gasteiger partial charge in [-0.3, -0.25) is 4.79 Å². The first-order valence-corrected chi connectivity index (χ1v) is 8.95. The van der Waals surface area contributed by atoms with E-state index in [2.05, 4.69) is 0 Å². The minimum atomic E-state index is -1.20. The highest BCUT2D eigenvalue weighted by Crippen LogP contribution is 2.33. The van der Waals surface area contributed by atoms with E-state index in [1.165, 1.54) is 31.2 Å². The number of rotatable bonds is 7. The Morgan fingerprint density at radius 2 is 1.38 bits per heavy atom. The molecule has 0 amide bonds. The number of carboxylic acids is 1. The van der Waals surface area contributed by atoms with Crippen LogP contribution in [0.2, 0.25) is 0 Å². The van der Waals surface area contributed by atoms with Gasteiger partial charge in [0.15, 0.2) is 5.78 Å². The summed E-state index contributed by atoms with van der Waals surface area (Å²) in [5.74, 6) is -1.36. The SMILES string of the molecule is CC(=O)c1ccc(C(=O)O)c(OCc2ccccc2O)c1Cc1ccccc1O. The Morgan fingerprint density at radius 1 is 0.828 bits per heavy atom. The van der Waals surface area contributed by atoms with Crippen molar-refractivity contribution in [1.82, 2.24) is 0 Å². The number of carboxylic acid groups (broad SMARTS) is 1. The average molecular weight is 392 g/mol. The smallest absolute Gasteiger partial charge is 0.339 e. The Kier molecular flexibility index (Phi) is 5.83. The summed E-state index contributed by atoms with van der Waals surface area (Å²) in [6, 6.07) is 16.0. The van der Waals surface area contributed by atoms with Gasteiger partial charge < -0.3 is 20.1 Å². The van der Waals surface area contributed by atoms with Crippen molar-refractivity contribution in [2.45, 2.75) is 20.0 Å². The molecular formula is C23H20O6. The minimum Gasteiger partial charge on any atom is -0.508 e. The number of para-hydroxylation sites is 2. The molecule has 0 aliphatic heterocycles. The van der Waals surface area contributed by atoms with Crippen LogP contribution in [0.4, 0.5) is 0 Å². The molecule has 0 atom stereocenters. The molecule has 0 radical (unpaired) electrons. The van der Waals surface area contributed by atoms with Crippen LogP contribution in [-0.4, -0.2) is 27.1 Å². The summed E-state index contributed by atoms with van der Waals surface area (Å²) < 4.78 is 5.82. The molecule has 0 unspecified atom stereocenters. The molecule has 0 aliphatic carbocycles. The van der Waals surface area contributed by atoms with Crippen LogP contribution in [0.15, 0.2) is 60.7 Å². The summed E-state index contributed by atoms with van der Waals surface area (Å²) >= 11 is 0. The third kappa shape index (κ3) is 4.38. The van der Waals surface area contributed by atoms with Crippen LogP contribution in [0.3, 0.4) is 0 Å². The zero-order valence-corrected chi connectivity index (χ0v) is 15.8. The number of hydrogen-bond donors (Lipinski definition) is 3. The molecule has 29 heavy (non-hydrogen) atoms. The van der Waals surface area contributed by atoms with Crippen LogP contribution in [0.5, 0.6) is 17.2 Å². The van der Waals surface area contributed by atoms with Crippen LogP contribution < -0.4 is 4.74 Å². The van der Waals surface area contributed by atoms with Crippen LogP contribution in [0, 0.1) is 0 Å². The van der Waals surface area contributed by atoms with E-state index in [0.29, 0.717) is 22.3 Å². The molecule has 3 aromatic carbocycles. The predicted molar refractivity (Wildman–Crippen MR) is 107 cm³/mol. The normalized spacial score (nSPS) is 10.5. The van der Waals surface area contributed by atoms with Gasteiger partial charge in [-0.2, -0.15) is 0 Å². The van der Waals surface area contributed by atoms with Gasteiger partial charge in [-0.25, -0.2) is 4.79 Å². The summed E-state index contributed by atoms with van der Waals surface area (Å²) in [5.41, 5.74) is 1.59. The van der Waals surface area contributed by atoms with Crippen molar-refractivity contribution in [2.24, 2.45) is 0 Å². The Bertz CT molecular complexity index is 1070. The number of benzene rings is 3. The number of carbonyl (C=O) groups is 2. The average Bonchev–Trinajstić information content (AvgIpc) is 2.69. The van der Waals surface area contributed by atoms with Gasteiger partial charge in [0.25, 0.3) is 0 Å². The van der Waals surface area contributed by atoms with Crippen LogP contribution in [0.1, 0.15) is 44.3 Å². The number of Topliss-reactive ketones (excluding diaryl/α,β-unsaturated/α-hetero) is 1. The summed E-state index contributed by atoms with van der Waals surface area (Å²) in [6.07, 6.45) is 0.110. The highest BCUT2D eigenvalue weighted by molar-refractivity contribution is 5.99. The van der Waals surface area contributed by atoms with E-state index in [0.717, 1.165) is 0 Å². The minimum absolute atomic E-state index is 0.0225. The quantitative estimate of drug-likeness (QED) is 0.522. The Morgan fingerprint density at radius 3 is 1.93 bits per heavy atom. The first-order valence-electron chi connectivity index (χ1n) is 8.95. The molecule has 0 fully saturated rings. The lowest BCUT2D eigenvalue weighted by molar-refractivity contribution is 0.0690. The maximum Gasteiger partial charge on any atom is 0.339 e. The van der Waals surface area contributed by atoms with Crippen LogP contribution >= 0.6 is 0 Å². The van der Waals surface area contributed by atoms with Gasteiger partial charge in [0.05, 0.1) is 0 Å². The van der Waals surface area contributed by atoms with Gasteiger partial charge in [0.2, 0.25) is 0 Å². The third-order valence-electron chi connectivity index (χ3n) is 4.59. The summed E-state index contributed by atoms with van der Waals surface area (Å²) in [4.78, 5) is 24.0. The maximum atomic E-state index is 12.2. The number of aromatic hydroxyl groups is 2. The van der Waals surface area contributed by atoms with E-state index in [9.17, 15) is 24.9 Å². The van der Waals surface area contributed by atoms with E-state index in [1.54, 1.807) is 36.4 Å². The predicted octanol–water partition coefficient (Wildman–Crippen LogP) is 4.17. The highest BCUT2D eigenvalue weighted by Gasteiger charge is 2.22. The number of aromatic carboxylic acids is 1. The monoisotopic (exact) mass is 392 g/mol. The van der Waals surface area contributed by atoms with Crippen molar-refractivity contribution in [3.05, 3.63) is 88.5 Å². The number of phenols is 2. The fourth-order valence-electron chi connectivity index (χ4n) is 3.10. The van der Waals surface area contributed by atoms with Crippen molar-refractivity contribution in [3.8, 4) is 17.2 Å². The van der Waals surface area contributed by atoms with Crippen LogP contribution in [0.25, 0.3) is 0 Å². The van der Waals surface area contributed by atoms with Gasteiger partial charge in [-0.15, -0.1) is 0 Å². The third-order valence-corrected chi connectivity index (χ3v) is 4.59. The summed E-state index contributed by atoms with van der Waals surface area (Å²) in [6.45, 7) is 1.30. The number of hydrogen-bond acceptors (Lipinski definition) is 5. The molecule has 3 aromatic rings. The second-order valence-electron chi connectivity index (χ2n) is 6.55. The molecule has 0 aliphatic rings. The second-order valence-corrected chi connectivity index (χ2v) is 6.55. The molecule has 0 spiro atoms. The summed E-state index contributed by atoms with van der Waals surface area (Å²) in [7, 11) is 0. The molecule has 0 bridgehead atoms. The number of ether oxygens (including phenoxy) is 1. The molecule has 0 heterocycles. The lowest BCUT2D eigenvalue weighted by Crippen LogP contribution is -2.11. The Labute approximate surface area is 167 Å². The van der Waals surface area contributed by atoms with Crippen molar-refractivity contribution in [2.75, 3.05) is 0 Å². The van der Waals surface area contributed by atoms with Gasteiger partial charge in [-0.1, -0.05) is 42.5 Å². The Hall–Kier alpha value is -3.80. The molecule has 3 N–H and O–H groups in total. The standard InChI is InChI=1S/C23H20O6/c1-14(24)17-10-11-18(23(27)28)22(29-13-16-7-3-5-9-21(16)26)19(17)12-15-6-2-4-8-20(15)25/h2-11,25-26H,12-13H2,1H3,(H,27,28). The molecular weight excluding hydrogens is 372 g/mol. The van der Waals surface area contributed by atoms with Crippen molar-refractivity contribution >= 4 is 11.8 Å². The van der Waals surface area contributed by atoms with E-state index in [-0.39, 0.29) is 41.6 Å². The topological polar surface area (TPSA) is 104 Å². The molecule has 6 heteroatoms. The Balaban J connectivity index is 2.11. The molecule has 0 saturated carbocycles. The molecule has 148 valence electrons. The lowest BCUT2D eigenvalue weighted by Gasteiger charge is -2.18. The summed E-state index contributed by atoms with van der Waals surface area (Å²) in [5, 5.41) is 29.7. The molecule has 0 aromatic heterocycles. The van der Waals surface area contributed by atoms with E-state index in [4.69, 9.17) is 4.74 Å². The van der Waals surface area contributed by atoms with Crippen molar-refractivity contribution in [1.29, 1.82) is 0 Å². The first kappa shape index (κ1) is 19.9. The van der Waals surface area contributed by atoms with Gasteiger partial charge in [-0.05, 0) is 30.7 Å². The molecule has 3 rings (SSSR count). The lowest BCUT2D eigenvalue weighted by atomic mass is 9.93. The van der Waals surface area contributed by atoms with E-state index in [1.807, 2.05) is 0 Å². The number of carbonyl (C=O) groups excluding carboxylic acids is 1. The highest BCUT2D eigenvalue weighted by atomic mass is 16.5. The van der Waals surface area contributed by atoms with Crippen LogP contribution in [-0.2, 0) is 13.0 Å². The first-order chi connectivity index (χ1) is 13.9. The fourth-order valence-corrected chi connectivity index (χ4v) is 3.10. The maximum absolute atomic E-state index is 12.2. The zero-order chi connectivity index (χ0) is 21.0. The molecule has 6 nitrogen and oxygen atoms in total. The molecule has 0 saturated heterocycles. The van der Waals surface area contributed by atoms with Gasteiger partial charge in [0.1, 0.15) is 29.4 Å². The second kappa shape index (κ2) is 8.48. The van der Waals surface area contributed by atoms with E-state index < -0.39 is 5.97 Å². The van der Waals surface area contributed by atoms with Gasteiger partial charge in [0, 0.05) is 23.1 Å². The zero-order valence-electron chi connectivity index (χ0n) is 15.8. The van der Waals surface area contributed by atoms with Crippen molar-refractivity contribution in [3.63, 3.8) is 0 Å². The number of ketones is 1. The van der Waals surface area contributed by atoms with Crippen molar-refractivity contribution < 1.29 is 29.6 Å². The van der Waals surface area contributed by atoms with E-state index >= 15 is 0 Å². The fraction of sp³-hybridized carbons (Fsp3) is 0.130. The largest absolute Gasteiger partial charge is 0.508 e. The number of phenolic OH excluding ortho intramolecular Hbond substituents is 2. The van der Waals surface area contributed by atoms with Gasteiger partial charge >= 0.3 is 5.97 Å².